The molecule has 0 radical (unpaired) electrons. The van der Waals surface area contributed by atoms with Crippen LogP contribution in [-0.4, -0.2) is 30.4 Å². The summed E-state index contributed by atoms with van der Waals surface area (Å²) in [6.07, 6.45) is 4.27. The maximum absolute atomic E-state index is 12.2. The van der Waals surface area contributed by atoms with Gasteiger partial charge in [-0.15, -0.1) is 0 Å². The van der Waals surface area contributed by atoms with E-state index in [4.69, 9.17) is 4.74 Å². The Bertz CT molecular complexity index is 356. The fraction of sp³-hybridized carbons (Fsp3) is 0.889. The normalized spacial score (nSPS) is 16.6. The molecule has 0 rings (SSSR count). The van der Waals surface area contributed by atoms with Crippen molar-refractivity contribution >= 4 is 11.7 Å². The molecule has 0 aliphatic carbocycles. The second-order valence-electron chi connectivity index (χ2n) is 6.57. The highest BCUT2D eigenvalue weighted by atomic mass is 16.5. The smallest absolute Gasteiger partial charge is 0.226 e. The number of hydrogen-bond acceptors (Lipinski definition) is 3. The predicted molar refractivity (Wildman–Crippen MR) is 90.9 cm³/mol. The molecule has 0 aromatic heterocycles. The van der Waals surface area contributed by atoms with Gasteiger partial charge in [0.05, 0.1) is 5.60 Å². The quantitative estimate of drug-likeness (QED) is 0.595. The van der Waals surface area contributed by atoms with Crippen LogP contribution in [-0.2, 0) is 14.3 Å². The Morgan fingerprint density at radius 3 is 2.09 bits per heavy atom. The molecule has 0 saturated heterocycles. The standard InChI is InChI=1S/C18H35NO3/c1-7-15(20)11-12-18(6,9-3)22-14-13-17(5,8-2)16(21)19-10-4/h7-14H2,1-6H3,(H,19,21). The largest absolute Gasteiger partial charge is 0.375 e. The molecule has 2 unspecified atom stereocenters. The van der Waals surface area contributed by atoms with E-state index in [9.17, 15) is 9.59 Å². The first kappa shape index (κ1) is 21.1. The highest BCUT2D eigenvalue weighted by molar-refractivity contribution is 5.82. The topological polar surface area (TPSA) is 55.4 Å². The highest BCUT2D eigenvalue weighted by Crippen LogP contribution is 2.29. The molecule has 1 N–H and O–H groups in total. The number of hydrogen-bond donors (Lipinski definition) is 1. The van der Waals surface area contributed by atoms with Gasteiger partial charge in [-0.2, -0.15) is 0 Å². The third-order valence-corrected chi connectivity index (χ3v) is 4.85. The zero-order chi connectivity index (χ0) is 17.2. The average molecular weight is 313 g/mol. The lowest BCUT2D eigenvalue weighted by Crippen LogP contribution is -2.40. The minimum absolute atomic E-state index is 0.0977. The number of carbonyl (C=O) groups excluding carboxylic acids is 2. The molecular weight excluding hydrogens is 278 g/mol. The van der Waals surface area contributed by atoms with Gasteiger partial charge in [0.25, 0.3) is 0 Å². The van der Waals surface area contributed by atoms with Crippen molar-refractivity contribution in [2.45, 2.75) is 85.7 Å². The lowest BCUT2D eigenvalue weighted by molar-refractivity contribution is -0.133. The molecular formula is C18H35NO3. The first-order valence-electron chi connectivity index (χ1n) is 8.70. The van der Waals surface area contributed by atoms with E-state index in [1.54, 1.807) is 0 Å². The predicted octanol–water partition coefficient (Wildman–Crippen LogP) is 3.87. The Morgan fingerprint density at radius 2 is 1.64 bits per heavy atom. The summed E-state index contributed by atoms with van der Waals surface area (Å²) >= 11 is 0. The zero-order valence-corrected chi connectivity index (χ0v) is 15.4. The number of carbonyl (C=O) groups is 2. The van der Waals surface area contributed by atoms with Crippen molar-refractivity contribution in [1.29, 1.82) is 0 Å². The van der Waals surface area contributed by atoms with Crippen LogP contribution in [0.5, 0.6) is 0 Å². The molecule has 0 spiro atoms. The van der Waals surface area contributed by atoms with Crippen molar-refractivity contribution in [3.05, 3.63) is 0 Å². The first-order valence-corrected chi connectivity index (χ1v) is 8.70. The SMILES string of the molecule is CCNC(=O)C(C)(CC)CCOC(C)(CC)CCC(=O)CC. The minimum Gasteiger partial charge on any atom is -0.375 e. The number of ether oxygens (including phenoxy) is 1. The van der Waals surface area contributed by atoms with Crippen LogP contribution in [0.15, 0.2) is 0 Å². The summed E-state index contributed by atoms with van der Waals surface area (Å²) in [7, 11) is 0. The van der Waals surface area contributed by atoms with Gasteiger partial charge in [-0.3, -0.25) is 9.59 Å². The zero-order valence-electron chi connectivity index (χ0n) is 15.4. The van der Waals surface area contributed by atoms with Gasteiger partial charge in [0.1, 0.15) is 5.78 Å². The average Bonchev–Trinajstić information content (AvgIpc) is 2.52. The van der Waals surface area contributed by atoms with Crippen molar-refractivity contribution in [3.63, 3.8) is 0 Å². The molecule has 22 heavy (non-hydrogen) atoms. The molecule has 0 fully saturated rings. The Morgan fingerprint density at radius 1 is 1.00 bits per heavy atom. The first-order chi connectivity index (χ1) is 10.3. The van der Waals surface area contributed by atoms with Gasteiger partial charge < -0.3 is 10.1 Å². The fourth-order valence-electron chi connectivity index (χ4n) is 2.28. The number of ketones is 1. The van der Waals surface area contributed by atoms with Crippen LogP contribution in [0.2, 0.25) is 0 Å². The second kappa shape index (κ2) is 9.98. The van der Waals surface area contributed by atoms with Crippen LogP contribution >= 0.6 is 0 Å². The molecule has 4 nitrogen and oxygen atoms in total. The number of Topliss-reactive ketones (excluding diaryl/α,β-unsaturated/α-hetero) is 1. The van der Waals surface area contributed by atoms with Gasteiger partial charge in [-0.25, -0.2) is 0 Å². The summed E-state index contributed by atoms with van der Waals surface area (Å²) in [5, 5.41) is 2.91. The highest BCUT2D eigenvalue weighted by Gasteiger charge is 2.32. The van der Waals surface area contributed by atoms with E-state index in [1.807, 2.05) is 27.7 Å². The lowest BCUT2D eigenvalue weighted by Gasteiger charge is -2.32. The summed E-state index contributed by atoms with van der Waals surface area (Å²) in [4.78, 5) is 23.7. The van der Waals surface area contributed by atoms with E-state index in [-0.39, 0.29) is 22.7 Å². The van der Waals surface area contributed by atoms with Gasteiger partial charge in [0, 0.05) is 31.4 Å². The van der Waals surface area contributed by atoms with E-state index in [0.717, 1.165) is 19.3 Å². The monoisotopic (exact) mass is 313 g/mol. The molecule has 0 aromatic carbocycles. The fourth-order valence-corrected chi connectivity index (χ4v) is 2.28. The van der Waals surface area contributed by atoms with Gasteiger partial charge in [-0.1, -0.05) is 27.7 Å². The Hall–Kier alpha value is -0.900. The van der Waals surface area contributed by atoms with E-state index in [0.29, 0.717) is 32.4 Å². The molecule has 1 amide bonds. The van der Waals surface area contributed by atoms with Crippen LogP contribution in [0.1, 0.15) is 80.1 Å². The van der Waals surface area contributed by atoms with Crippen molar-refractivity contribution in [2.75, 3.05) is 13.2 Å². The summed E-state index contributed by atoms with van der Waals surface area (Å²) in [5.41, 5.74) is -0.662. The van der Waals surface area contributed by atoms with E-state index < -0.39 is 0 Å². The summed E-state index contributed by atoms with van der Waals surface area (Å²) < 4.78 is 6.07. The van der Waals surface area contributed by atoms with Gasteiger partial charge in [0.2, 0.25) is 5.91 Å². The van der Waals surface area contributed by atoms with Crippen molar-refractivity contribution < 1.29 is 14.3 Å². The van der Waals surface area contributed by atoms with Crippen LogP contribution in [0.4, 0.5) is 0 Å². The minimum atomic E-state index is -0.385. The molecule has 0 saturated carbocycles. The van der Waals surface area contributed by atoms with Crippen LogP contribution < -0.4 is 5.32 Å². The van der Waals surface area contributed by atoms with Crippen molar-refractivity contribution in [1.82, 2.24) is 5.32 Å². The third kappa shape index (κ3) is 6.91. The van der Waals surface area contributed by atoms with Gasteiger partial charge in [-0.05, 0) is 39.5 Å². The van der Waals surface area contributed by atoms with Crippen LogP contribution in [0.3, 0.4) is 0 Å². The van der Waals surface area contributed by atoms with Crippen LogP contribution in [0.25, 0.3) is 0 Å². The van der Waals surface area contributed by atoms with E-state index in [1.165, 1.54) is 0 Å². The lowest BCUT2D eigenvalue weighted by atomic mass is 9.83. The maximum Gasteiger partial charge on any atom is 0.226 e. The summed E-state index contributed by atoms with van der Waals surface area (Å²) in [6.45, 7) is 13.2. The van der Waals surface area contributed by atoms with Gasteiger partial charge >= 0.3 is 0 Å². The molecule has 4 heteroatoms. The summed E-state index contributed by atoms with van der Waals surface area (Å²) in [6, 6.07) is 0. The Kier molecular flexibility index (Phi) is 9.58. The molecule has 130 valence electrons. The number of nitrogens with one attached hydrogen (secondary N) is 1. The third-order valence-electron chi connectivity index (χ3n) is 4.85. The molecule has 0 bridgehead atoms. The Balaban J connectivity index is 4.48. The van der Waals surface area contributed by atoms with Crippen LogP contribution in [0, 0.1) is 5.41 Å². The number of amides is 1. The molecule has 0 heterocycles. The summed E-state index contributed by atoms with van der Waals surface area (Å²) in [5.74, 6) is 0.379. The van der Waals surface area contributed by atoms with E-state index in [2.05, 4.69) is 19.2 Å². The molecule has 0 aliphatic heterocycles. The second-order valence-corrected chi connectivity index (χ2v) is 6.57. The molecule has 2 atom stereocenters. The van der Waals surface area contributed by atoms with Crippen molar-refractivity contribution in [3.8, 4) is 0 Å². The Labute approximate surface area is 136 Å². The molecule has 0 aromatic rings. The van der Waals surface area contributed by atoms with Gasteiger partial charge in [0.15, 0.2) is 0 Å². The molecule has 0 aliphatic rings. The maximum atomic E-state index is 12.2. The van der Waals surface area contributed by atoms with E-state index >= 15 is 0 Å². The van der Waals surface area contributed by atoms with Crippen molar-refractivity contribution in [2.24, 2.45) is 5.41 Å². The number of rotatable bonds is 12.